The molecule has 1 unspecified atom stereocenters. The summed E-state index contributed by atoms with van der Waals surface area (Å²) in [5.74, 6) is 0.461. The lowest BCUT2D eigenvalue weighted by Gasteiger charge is -2.37. The Morgan fingerprint density at radius 1 is 1.40 bits per heavy atom. The molecule has 1 N–H and O–H groups in total. The number of aromatic nitrogens is 2. The third-order valence-corrected chi connectivity index (χ3v) is 3.86. The van der Waals surface area contributed by atoms with Crippen LogP contribution in [0, 0.1) is 0 Å². The van der Waals surface area contributed by atoms with E-state index < -0.39 is 0 Å². The van der Waals surface area contributed by atoms with Crippen LogP contribution in [0.25, 0.3) is 0 Å². The Bertz CT molecular complexity index is 487. The molecule has 0 radical (unpaired) electrons. The molecule has 0 saturated carbocycles. The average Bonchev–Trinajstić information content (AvgIpc) is 2.43. The number of hydrogen-bond acceptors (Lipinski definition) is 5. The smallest absolute Gasteiger partial charge is 0.293 e. The Kier molecular flexibility index (Phi) is 5.14. The van der Waals surface area contributed by atoms with Crippen molar-refractivity contribution in [2.24, 2.45) is 0 Å². The first-order chi connectivity index (χ1) is 9.61. The van der Waals surface area contributed by atoms with Crippen molar-refractivity contribution in [2.75, 3.05) is 45.6 Å². The fraction of sp³-hybridized carbons (Fsp3) is 0.714. The second-order valence-corrected chi connectivity index (χ2v) is 5.55. The summed E-state index contributed by atoms with van der Waals surface area (Å²) in [7, 11) is 4.27. The van der Waals surface area contributed by atoms with Crippen LogP contribution in [0.5, 0.6) is 0 Å². The first-order valence-corrected chi connectivity index (χ1v) is 7.30. The quantitative estimate of drug-likeness (QED) is 0.841. The normalized spacial score (nSPS) is 21.1. The highest BCUT2D eigenvalue weighted by Crippen LogP contribution is 2.06. The third kappa shape index (κ3) is 3.58. The van der Waals surface area contributed by atoms with Crippen molar-refractivity contribution in [1.82, 2.24) is 19.4 Å². The maximum Gasteiger partial charge on any atom is 0.293 e. The molecule has 20 heavy (non-hydrogen) atoms. The van der Waals surface area contributed by atoms with Crippen molar-refractivity contribution < 1.29 is 0 Å². The van der Waals surface area contributed by atoms with Crippen LogP contribution in [0.4, 0.5) is 5.82 Å². The number of piperazine rings is 1. The maximum absolute atomic E-state index is 12.2. The fourth-order valence-corrected chi connectivity index (χ4v) is 2.52. The van der Waals surface area contributed by atoms with Gasteiger partial charge in [0.15, 0.2) is 5.82 Å². The van der Waals surface area contributed by atoms with Gasteiger partial charge in [0.05, 0.1) is 0 Å². The highest BCUT2D eigenvalue weighted by atomic mass is 16.1. The Morgan fingerprint density at radius 2 is 2.20 bits per heavy atom. The van der Waals surface area contributed by atoms with Gasteiger partial charge in [-0.15, -0.1) is 0 Å². The minimum Gasteiger partial charge on any atom is -0.364 e. The molecule has 6 nitrogen and oxygen atoms in total. The highest BCUT2D eigenvalue weighted by molar-refractivity contribution is 5.31. The van der Waals surface area contributed by atoms with Crippen LogP contribution < -0.4 is 10.9 Å². The lowest BCUT2D eigenvalue weighted by atomic mass is 10.2. The number of nitrogens with zero attached hydrogens (tertiary/aromatic N) is 4. The molecule has 1 aliphatic heterocycles. The van der Waals surface area contributed by atoms with E-state index in [1.54, 1.807) is 17.0 Å². The molecule has 1 aromatic rings. The van der Waals surface area contributed by atoms with Crippen molar-refractivity contribution in [3.8, 4) is 0 Å². The molecular formula is C14H25N5O. The summed E-state index contributed by atoms with van der Waals surface area (Å²) in [6.45, 7) is 6.72. The monoisotopic (exact) mass is 279 g/mol. The molecule has 0 aromatic carbocycles. The minimum atomic E-state index is -0.0267. The second kappa shape index (κ2) is 6.85. The van der Waals surface area contributed by atoms with Crippen LogP contribution in [0.15, 0.2) is 17.2 Å². The molecule has 0 aliphatic carbocycles. The maximum atomic E-state index is 12.2. The average molecular weight is 279 g/mol. The molecule has 112 valence electrons. The Morgan fingerprint density at radius 3 is 2.95 bits per heavy atom. The van der Waals surface area contributed by atoms with E-state index in [0.29, 0.717) is 11.9 Å². The van der Waals surface area contributed by atoms with E-state index >= 15 is 0 Å². The van der Waals surface area contributed by atoms with Crippen LogP contribution >= 0.6 is 0 Å². The fourth-order valence-electron chi connectivity index (χ4n) is 2.52. The predicted molar refractivity (Wildman–Crippen MR) is 81.2 cm³/mol. The number of hydrogen-bond donors (Lipinski definition) is 1. The van der Waals surface area contributed by atoms with E-state index in [9.17, 15) is 4.79 Å². The number of aryl methyl sites for hydroxylation is 1. The van der Waals surface area contributed by atoms with Gasteiger partial charge < -0.3 is 14.8 Å². The number of nitrogens with one attached hydrogen (secondary N) is 1. The minimum absolute atomic E-state index is 0.0267. The molecule has 0 spiro atoms. The number of anilines is 1. The van der Waals surface area contributed by atoms with Gasteiger partial charge in [-0.25, -0.2) is 4.98 Å². The van der Waals surface area contributed by atoms with E-state index in [-0.39, 0.29) is 5.56 Å². The molecule has 0 bridgehead atoms. The predicted octanol–water partition coefficient (Wildman–Crippen LogP) is 0.311. The summed E-state index contributed by atoms with van der Waals surface area (Å²) in [6, 6.07) is 0.412. The number of rotatable bonds is 5. The molecular weight excluding hydrogens is 254 g/mol. The zero-order valence-corrected chi connectivity index (χ0v) is 12.7. The van der Waals surface area contributed by atoms with Crippen molar-refractivity contribution in [2.45, 2.75) is 25.9 Å². The van der Waals surface area contributed by atoms with Crippen molar-refractivity contribution in [3.63, 3.8) is 0 Å². The Balaban J connectivity index is 2.00. The number of likely N-dealkylation sites (N-methyl/N-ethyl adjacent to an activating group) is 2. The third-order valence-electron chi connectivity index (χ3n) is 3.86. The van der Waals surface area contributed by atoms with Gasteiger partial charge in [0.2, 0.25) is 0 Å². The van der Waals surface area contributed by atoms with Gasteiger partial charge in [-0.3, -0.25) is 9.69 Å². The van der Waals surface area contributed by atoms with Crippen molar-refractivity contribution in [1.29, 1.82) is 0 Å². The van der Waals surface area contributed by atoms with E-state index in [1.807, 2.05) is 0 Å². The summed E-state index contributed by atoms with van der Waals surface area (Å²) in [5, 5.41) is 3.22. The molecule has 1 aromatic heterocycles. The van der Waals surface area contributed by atoms with E-state index in [2.05, 4.69) is 41.1 Å². The van der Waals surface area contributed by atoms with Crippen molar-refractivity contribution >= 4 is 5.82 Å². The Labute approximate surface area is 120 Å². The van der Waals surface area contributed by atoms with Gasteiger partial charge >= 0.3 is 0 Å². The van der Waals surface area contributed by atoms with Gasteiger partial charge in [0, 0.05) is 51.2 Å². The second-order valence-electron chi connectivity index (χ2n) is 5.55. The summed E-state index contributed by atoms with van der Waals surface area (Å²) in [6.07, 6.45) is 4.38. The van der Waals surface area contributed by atoms with Gasteiger partial charge in [-0.2, -0.15) is 0 Å². The molecule has 2 heterocycles. The zero-order valence-electron chi connectivity index (χ0n) is 12.7. The molecule has 0 amide bonds. The molecule has 1 saturated heterocycles. The molecule has 1 aliphatic rings. The molecule has 6 heteroatoms. The Hall–Kier alpha value is -1.40. The summed E-state index contributed by atoms with van der Waals surface area (Å²) < 4.78 is 1.71. The summed E-state index contributed by atoms with van der Waals surface area (Å²) >= 11 is 0. The lowest BCUT2D eigenvalue weighted by molar-refractivity contribution is 0.122. The van der Waals surface area contributed by atoms with Crippen LogP contribution in [0.1, 0.15) is 13.3 Å². The van der Waals surface area contributed by atoms with E-state index in [1.165, 1.54) is 0 Å². The van der Waals surface area contributed by atoms with Gasteiger partial charge in [-0.05, 0) is 20.5 Å². The zero-order chi connectivity index (χ0) is 14.5. The summed E-state index contributed by atoms with van der Waals surface area (Å²) in [4.78, 5) is 21.0. The van der Waals surface area contributed by atoms with E-state index in [4.69, 9.17) is 0 Å². The largest absolute Gasteiger partial charge is 0.364 e. The van der Waals surface area contributed by atoms with Crippen molar-refractivity contribution in [3.05, 3.63) is 22.7 Å². The topological polar surface area (TPSA) is 53.4 Å². The van der Waals surface area contributed by atoms with Gasteiger partial charge in [-0.1, -0.05) is 6.92 Å². The first kappa shape index (κ1) is 15.0. The van der Waals surface area contributed by atoms with Crippen LogP contribution in [0.2, 0.25) is 0 Å². The van der Waals surface area contributed by atoms with Crippen LogP contribution in [-0.2, 0) is 6.54 Å². The van der Waals surface area contributed by atoms with Crippen LogP contribution in [-0.4, -0.2) is 65.7 Å². The van der Waals surface area contributed by atoms with E-state index in [0.717, 1.165) is 39.1 Å². The highest BCUT2D eigenvalue weighted by Gasteiger charge is 2.22. The molecule has 1 fully saturated rings. The SMILES string of the molecule is CCCn1ccnc(NCC2CN(C)CCN2C)c1=O. The van der Waals surface area contributed by atoms with Crippen LogP contribution in [0.3, 0.4) is 0 Å². The first-order valence-electron chi connectivity index (χ1n) is 7.30. The standard InChI is InChI=1S/C14H25N5O/c1-4-6-19-7-5-15-13(14(19)20)16-10-12-11-17(2)8-9-18(12)3/h5,7,12H,4,6,8-11H2,1-3H3,(H,15,16). The lowest BCUT2D eigenvalue weighted by Crippen LogP contribution is -2.52. The van der Waals surface area contributed by atoms with Gasteiger partial charge in [0.25, 0.3) is 5.56 Å². The van der Waals surface area contributed by atoms with Gasteiger partial charge in [0.1, 0.15) is 0 Å². The molecule has 1 atom stereocenters. The molecule has 2 rings (SSSR count). The summed E-state index contributed by atoms with van der Waals surface area (Å²) in [5.41, 5.74) is -0.0267.